The monoisotopic (exact) mass is 868 g/mol. The number of halogens is 2. The lowest BCUT2D eigenvalue weighted by Crippen LogP contribution is -2.21. The Kier molecular flexibility index (Phi) is 12.8. The number of nitrogens with zero attached hydrogens (tertiary/aromatic N) is 2. The number of sulfone groups is 1. The van der Waals surface area contributed by atoms with Gasteiger partial charge in [-0.15, -0.1) is 0 Å². The summed E-state index contributed by atoms with van der Waals surface area (Å²) in [7, 11) is -12.0. The van der Waals surface area contributed by atoms with Crippen molar-refractivity contribution in [2.75, 3.05) is 23.9 Å². The van der Waals surface area contributed by atoms with Gasteiger partial charge in [-0.1, -0.05) is 48.0 Å². The van der Waals surface area contributed by atoms with Gasteiger partial charge in [0.05, 0.1) is 22.8 Å². The number of benzene rings is 5. The Balaban J connectivity index is 0.000000263. The zero-order valence-corrected chi connectivity index (χ0v) is 33.5. The molecule has 0 amide bonds. The summed E-state index contributed by atoms with van der Waals surface area (Å²) in [5.74, 6) is 2.17. The van der Waals surface area contributed by atoms with E-state index in [2.05, 4.69) is 20.6 Å². The molecule has 0 aliphatic carbocycles. The van der Waals surface area contributed by atoms with Crippen molar-refractivity contribution in [2.24, 2.45) is 0 Å². The molecule has 7 aromatic rings. The molecule has 5 aromatic carbocycles. The van der Waals surface area contributed by atoms with Gasteiger partial charge in [-0.2, -0.15) is 16.8 Å². The quantitative estimate of drug-likeness (QED) is 0.0654. The van der Waals surface area contributed by atoms with E-state index < -0.39 is 39.9 Å². The van der Waals surface area contributed by atoms with E-state index in [0.717, 1.165) is 28.6 Å². The molecule has 2 heterocycles. The summed E-state index contributed by atoms with van der Waals surface area (Å²) in [6, 6.07) is 28.5. The summed E-state index contributed by atoms with van der Waals surface area (Å²) in [5, 5.41) is 7.60. The molecule has 7 rings (SSSR count). The summed E-state index contributed by atoms with van der Waals surface area (Å²) in [6.07, 6.45) is 2.69. The Hall–Kier alpha value is -5.47. The number of ether oxygens (including phenoxy) is 1. The van der Waals surface area contributed by atoms with Crippen LogP contribution < -0.4 is 15.4 Å². The van der Waals surface area contributed by atoms with Crippen molar-refractivity contribution in [1.29, 1.82) is 0 Å². The van der Waals surface area contributed by atoms with Crippen molar-refractivity contribution in [3.63, 3.8) is 0 Å². The van der Waals surface area contributed by atoms with Crippen LogP contribution in [0.25, 0.3) is 33.0 Å². The lowest BCUT2D eigenvalue weighted by atomic mass is 10.1. The number of nitrogens with one attached hydrogen (secondary N) is 2. The second kappa shape index (κ2) is 17.6. The van der Waals surface area contributed by atoms with Gasteiger partial charge in [0, 0.05) is 40.2 Å². The fourth-order valence-electron chi connectivity index (χ4n) is 5.73. The van der Waals surface area contributed by atoms with Crippen LogP contribution in [-0.4, -0.2) is 62.9 Å². The highest BCUT2D eigenvalue weighted by molar-refractivity contribution is 7.90. The Morgan fingerprint density at radius 3 is 2.10 bits per heavy atom. The van der Waals surface area contributed by atoms with Crippen molar-refractivity contribution in [3.05, 3.63) is 138 Å². The second-order valence-electron chi connectivity index (χ2n) is 12.8. The number of furan rings is 1. The summed E-state index contributed by atoms with van der Waals surface area (Å²) in [6.45, 7) is 0.956. The first-order chi connectivity index (χ1) is 27.4. The first kappa shape index (κ1) is 42.1. The van der Waals surface area contributed by atoms with Crippen LogP contribution in [0.5, 0.6) is 5.75 Å². The third kappa shape index (κ3) is 10.9. The molecular formula is C39H34ClFN4O10S3. The van der Waals surface area contributed by atoms with Gasteiger partial charge in [-0.05, 0) is 78.4 Å². The zero-order chi connectivity index (χ0) is 41.7. The van der Waals surface area contributed by atoms with Crippen molar-refractivity contribution >= 4 is 74.9 Å². The zero-order valence-electron chi connectivity index (χ0n) is 30.3. The van der Waals surface area contributed by atoms with Crippen LogP contribution in [0.2, 0.25) is 5.02 Å². The minimum atomic E-state index is -4.47. The van der Waals surface area contributed by atoms with Crippen molar-refractivity contribution in [3.8, 4) is 17.1 Å². The fraction of sp³-hybridized carbons (Fsp3) is 0.128. The topological polar surface area (TPSA) is 215 Å². The number of hydrogen-bond donors (Lipinski definition) is 4. The minimum absolute atomic E-state index is 0.0233. The van der Waals surface area contributed by atoms with E-state index >= 15 is 0 Å². The first-order valence-electron chi connectivity index (χ1n) is 17.1. The molecule has 0 unspecified atom stereocenters. The largest absolute Gasteiger partial charge is 0.487 e. The summed E-state index contributed by atoms with van der Waals surface area (Å²) >= 11 is 6.47. The van der Waals surface area contributed by atoms with E-state index in [-0.39, 0.29) is 28.9 Å². The standard InChI is InChI=1S/C29H26ClFN4O4S.C10H8O6S2/c1-40(36,37)12-11-32-16-23-7-10-27(39-23)20-5-8-26-24(14-20)29(34-18-33-26)35-22-6-9-28(25(30)15-22)38-17-19-3-2-4-21(31)13-19;11-17(12,13)9-5-1-3-7-8(9)4-2-6-10(7)18(14,15)16/h2-10,13-15,18,32H,11-12,16-17H2,1H3,(H,33,34,35);1-6H,(H,11,12,13)(H,14,15,16). The van der Waals surface area contributed by atoms with E-state index in [1.54, 1.807) is 24.3 Å². The maximum absolute atomic E-state index is 13.4. The van der Waals surface area contributed by atoms with Crippen LogP contribution in [0.1, 0.15) is 11.3 Å². The molecule has 0 aliphatic heterocycles. The van der Waals surface area contributed by atoms with Gasteiger partial charge in [0.2, 0.25) is 0 Å². The van der Waals surface area contributed by atoms with Gasteiger partial charge in [0.1, 0.15) is 61.5 Å². The van der Waals surface area contributed by atoms with Crippen molar-refractivity contribution in [2.45, 2.75) is 22.9 Å². The van der Waals surface area contributed by atoms with Gasteiger partial charge in [-0.25, -0.2) is 22.8 Å². The molecule has 0 spiro atoms. The molecule has 0 fully saturated rings. The Bertz CT molecular complexity index is 2890. The molecule has 14 nitrogen and oxygen atoms in total. The number of anilines is 2. The second-order valence-corrected chi connectivity index (χ2v) is 18.2. The number of aromatic nitrogens is 2. The fourth-order valence-corrected chi connectivity index (χ4v) is 7.89. The normalized spacial score (nSPS) is 11.9. The number of hydrogen-bond acceptors (Lipinski definition) is 12. The summed E-state index contributed by atoms with van der Waals surface area (Å²) < 4.78 is 110. The lowest BCUT2D eigenvalue weighted by Gasteiger charge is -2.12. The Morgan fingerprint density at radius 1 is 0.776 bits per heavy atom. The SMILES string of the molecule is CS(=O)(=O)CCNCc1ccc(-c2ccc3ncnc(Nc4ccc(OCc5cccc(F)c5)c(Cl)c4)c3c2)o1.O=S(=O)(O)c1cccc2c(S(=O)(=O)O)cccc12. The van der Waals surface area contributed by atoms with Gasteiger partial charge in [-0.3, -0.25) is 9.11 Å². The molecule has 19 heteroatoms. The molecule has 58 heavy (non-hydrogen) atoms. The highest BCUT2D eigenvalue weighted by atomic mass is 35.5. The molecule has 2 aromatic heterocycles. The number of fused-ring (bicyclic) bond motifs is 2. The lowest BCUT2D eigenvalue weighted by molar-refractivity contribution is 0.306. The smallest absolute Gasteiger partial charge is 0.295 e. The summed E-state index contributed by atoms with van der Waals surface area (Å²) in [4.78, 5) is 7.97. The van der Waals surface area contributed by atoms with Crippen LogP contribution in [0.3, 0.4) is 0 Å². The van der Waals surface area contributed by atoms with Gasteiger partial charge < -0.3 is 19.8 Å². The average Bonchev–Trinajstić information content (AvgIpc) is 3.64. The van der Waals surface area contributed by atoms with Gasteiger partial charge in [0.25, 0.3) is 20.2 Å². The number of rotatable bonds is 13. The molecule has 0 bridgehead atoms. The van der Waals surface area contributed by atoms with E-state index in [0.29, 0.717) is 52.5 Å². The van der Waals surface area contributed by atoms with E-state index in [1.165, 1.54) is 49.0 Å². The van der Waals surface area contributed by atoms with Crippen LogP contribution in [0.4, 0.5) is 15.9 Å². The highest BCUT2D eigenvalue weighted by Crippen LogP contribution is 2.33. The molecule has 302 valence electrons. The third-order valence-corrected chi connectivity index (χ3v) is 11.5. The van der Waals surface area contributed by atoms with Crippen LogP contribution in [-0.2, 0) is 43.2 Å². The third-order valence-electron chi connectivity index (χ3n) is 8.41. The molecule has 0 saturated heterocycles. The predicted molar refractivity (Wildman–Crippen MR) is 218 cm³/mol. The predicted octanol–water partition coefficient (Wildman–Crippen LogP) is 7.47. The van der Waals surface area contributed by atoms with Gasteiger partial charge >= 0.3 is 0 Å². The molecular weight excluding hydrogens is 835 g/mol. The van der Waals surface area contributed by atoms with E-state index in [1.807, 2.05) is 36.4 Å². The molecule has 0 aliphatic rings. The molecule has 0 radical (unpaired) electrons. The maximum atomic E-state index is 13.4. The van der Waals surface area contributed by atoms with Crippen LogP contribution in [0.15, 0.2) is 130 Å². The molecule has 4 N–H and O–H groups in total. The van der Waals surface area contributed by atoms with Gasteiger partial charge in [0.15, 0.2) is 0 Å². The van der Waals surface area contributed by atoms with Crippen molar-refractivity contribution in [1.82, 2.24) is 15.3 Å². The molecule has 0 saturated carbocycles. The first-order valence-corrected chi connectivity index (χ1v) is 22.4. The van der Waals surface area contributed by atoms with E-state index in [4.69, 9.17) is 29.9 Å². The average molecular weight is 869 g/mol. The highest BCUT2D eigenvalue weighted by Gasteiger charge is 2.19. The minimum Gasteiger partial charge on any atom is -0.487 e. The molecule has 0 atom stereocenters. The van der Waals surface area contributed by atoms with Crippen molar-refractivity contribution < 1.29 is 47.9 Å². The maximum Gasteiger partial charge on any atom is 0.295 e. The van der Waals surface area contributed by atoms with Crippen LogP contribution >= 0.6 is 11.6 Å². The summed E-state index contributed by atoms with van der Waals surface area (Å²) in [5.41, 5.74) is 2.99. The van der Waals surface area contributed by atoms with E-state index in [9.17, 15) is 29.6 Å². The Morgan fingerprint density at radius 2 is 1.47 bits per heavy atom. The van der Waals surface area contributed by atoms with Crippen LogP contribution in [0, 0.1) is 5.82 Å². The Labute approximate surface area is 338 Å².